The number of nitrogens with two attached hydrogens (primary N) is 1. The van der Waals surface area contributed by atoms with Crippen molar-refractivity contribution in [3.63, 3.8) is 0 Å². The van der Waals surface area contributed by atoms with Crippen molar-refractivity contribution in [3.05, 3.63) is 29.3 Å². The van der Waals surface area contributed by atoms with E-state index >= 15 is 0 Å². The van der Waals surface area contributed by atoms with Gasteiger partial charge in [0.05, 0.1) is 12.7 Å². The number of ether oxygens (including phenoxy) is 1. The maximum Gasteiger partial charge on any atom is 0.136 e. The molecule has 0 aromatic heterocycles. The molecule has 0 aliphatic carbocycles. The largest absolute Gasteiger partial charge is 0.495 e. The Morgan fingerprint density at radius 1 is 1.59 bits per heavy atom. The fourth-order valence-corrected chi connectivity index (χ4v) is 2.21. The van der Waals surface area contributed by atoms with E-state index in [4.69, 9.17) is 15.7 Å². The van der Waals surface area contributed by atoms with E-state index in [2.05, 4.69) is 11.0 Å². The minimum Gasteiger partial charge on any atom is -0.495 e. The Morgan fingerprint density at radius 3 is 3.00 bits per heavy atom. The molecule has 4 nitrogen and oxygen atoms in total. The molecule has 0 amide bonds. The molecule has 1 atom stereocenters. The summed E-state index contributed by atoms with van der Waals surface area (Å²) in [5.41, 5.74) is 7.59. The summed E-state index contributed by atoms with van der Waals surface area (Å²) in [7, 11) is 1.58. The van der Waals surface area contributed by atoms with Crippen LogP contribution < -0.4 is 10.5 Å². The van der Waals surface area contributed by atoms with E-state index in [9.17, 15) is 0 Å². The number of hydrogen-bond acceptors (Lipinski definition) is 4. The van der Waals surface area contributed by atoms with Crippen molar-refractivity contribution in [1.82, 2.24) is 4.90 Å². The summed E-state index contributed by atoms with van der Waals surface area (Å²) in [5, 5.41) is 9.01. The molecule has 0 spiro atoms. The zero-order chi connectivity index (χ0) is 12.3. The first-order chi connectivity index (χ1) is 8.22. The summed E-state index contributed by atoms with van der Waals surface area (Å²) in [6, 6.07) is 8.19. The highest BCUT2D eigenvalue weighted by atomic mass is 16.5. The topological polar surface area (TPSA) is 62.3 Å². The Labute approximate surface area is 102 Å². The van der Waals surface area contributed by atoms with Crippen LogP contribution in [-0.2, 0) is 6.54 Å². The first kappa shape index (κ1) is 11.9. The molecule has 2 rings (SSSR count). The molecular weight excluding hydrogens is 214 g/mol. The second-order valence-corrected chi connectivity index (χ2v) is 4.43. The molecular formula is C13H17N3O. The van der Waals surface area contributed by atoms with Crippen LogP contribution in [0.25, 0.3) is 0 Å². The van der Waals surface area contributed by atoms with E-state index in [-0.39, 0.29) is 0 Å². The molecule has 4 heteroatoms. The molecule has 1 aromatic rings. The predicted molar refractivity (Wildman–Crippen MR) is 65.6 cm³/mol. The van der Waals surface area contributed by atoms with Crippen LogP contribution in [0.15, 0.2) is 18.2 Å². The summed E-state index contributed by atoms with van der Waals surface area (Å²) >= 11 is 0. The van der Waals surface area contributed by atoms with Gasteiger partial charge in [-0.1, -0.05) is 6.07 Å². The van der Waals surface area contributed by atoms with Crippen molar-refractivity contribution in [1.29, 1.82) is 5.26 Å². The number of likely N-dealkylation sites (tertiary alicyclic amines) is 1. The first-order valence-corrected chi connectivity index (χ1v) is 5.78. The Hall–Kier alpha value is -1.57. The molecule has 2 N–H and O–H groups in total. The van der Waals surface area contributed by atoms with Crippen molar-refractivity contribution < 1.29 is 4.74 Å². The van der Waals surface area contributed by atoms with Crippen molar-refractivity contribution in [2.75, 3.05) is 20.2 Å². The third-order valence-electron chi connectivity index (χ3n) is 3.10. The third-order valence-corrected chi connectivity index (χ3v) is 3.10. The van der Waals surface area contributed by atoms with Crippen LogP contribution in [0.2, 0.25) is 0 Å². The quantitative estimate of drug-likeness (QED) is 0.846. The van der Waals surface area contributed by atoms with E-state index in [1.165, 1.54) is 0 Å². The molecule has 0 saturated carbocycles. The lowest BCUT2D eigenvalue weighted by molar-refractivity contribution is 0.326. The lowest BCUT2D eigenvalue weighted by Crippen LogP contribution is -2.26. The fourth-order valence-electron chi connectivity index (χ4n) is 2.21. The second-order valence-electron chi connectivity index (χ2n) is 4.43. The highest BCUT2D eigenvalue weighted by Crippen LogP contribution is 2.20. The van der Waals surface area contributed by atoms with Crippen molar-refractivity contribution >= 4 is 0 Å². The molecule has 90 valence electrons. The third kappa shape index (κ3) is 2.76. The summed E-state index contributed by atoms with van der Waals surface area (Å²) in [4.78, 5) is 2.31. The molecule has 1 heterocycles. The molecule has 0 radical (unpaired) electrons. The monoisotopic (exact) mass is 231 g/mol. The number of nitriles is 1. The zero-order valence-corrected chi connectivity index (χ0v) is 10.0. The van der Waals surface area contributed by atoms with Gasteiger partial charge in [0, 0.05) is 25.7 Å². The lowest BCUT2D eigenvalue weighted by atomic mass is 10.1. The van der Waals surface area contributed by atoms with Gasteiger partial charge in [0.1, 0.15) is 11.8 Å². The van der Waals surface area contributed by atoms with Crippen molar-refractivity contribution in [2.45, 2.75) is 19.0 Å². The van der Waals surface area contributed by atoms with Gasteiger partial charge in [-0.2, -0.15) is 5.26 Å². The summed E-state index contributed by atoms with van der Waals surface area (Å²) < 4.78 is 5.12. The van der Waals surface area contributed by atoms with E-state index < -0.39 is 0 Å². The van der Waals surface area contributed by atoms with E-state index in [1.807, 2.05) is 18.2 Å². The number of methoxy groups -OCH3 is 1. The van der Waals surface area contributed by atoms with E-state index in [1.54, 1.807) is 7.11 Å². The molecule has 1 aromatic carbocycles. The predicted octanol–water partition coefficient (Wildman–Crippen LogP) is 1.10. The van der Waals surface area contributed by atoms with Gasteiger partial charge in [0.15, 0.2) is 0 Å². The number of rotatable bonds is 3. The molecule has 0 bridgehead atoms. The average molecular weight is 231 g/mol. The van der Waals surface area contributed by atoms with Crippen LogP contribution in [0, 0.1) is 11.3 Å². The van der Waals surface area contributed by atoms with Gasteiger partial charge >= 0.3 is 0 Å². The van der Waals surface area contributed by atoms with Crippen LogP contribution in [0.3, 0.4) is 0 Å². The Morgan fingerprint density at radius 2 is 2.41 bits per heavy atom. The lowest BCUT2D eigenvalue weighted by Gasteiger charge is -2.15. The van der Waals surface area contributed by atoms with Gasteiger partial charge in [-0.25, -0.2) is 0 Å². The number of nitrogens with zero attached hydrogens (tertiary/aromatic N) is 2. The van der Waals surface area contributed by atoms with E-state index in [0.29, 0.717) is 17.4 Å². The van der Waals surface area contributed by atoms with Crippen LogP contribution >= 0.6 is 0 Å². The van der Waals surface area contributed by atoms with Gasteiger partial charge in [-0.3, -0.25) is 4.90 Å². The van der Waals surface area contributed by atoms with Crippen molar-refractivity contribution in [2.24, 2.45) is 5.73 Å². The summed E-state index contributed by atoms with van der Waals surface area (Å²) in [6.45, 7) is 2.83. The summed E-state index contributed by atoms with van der Waals surface area (Å²) in [5.74, 6) is 0.634. The molecule has 0 unspecified atom stereocenters. The smallest absolute Gasteiger partial charge is 0.136 e. The Bertz CT molecular complexity index is 439. The van der Waals surface area contributed by atoms with Gasteiger partial charge in [-0.15, -0.1) is 0 Å². The highest BCUT2D eigenvalue weighted by molar-refractivity contribution is 5.45. The Kier molecular flexibility index (Phi) is 3.62. The SMILES string of the molecule is COc1ccc(CN2CC[C@@H](N)C2)cc1C#N. The van der Waals surface area contributed by atoms with Crippen LogP contribution in [0.5, 0.6) is 5.75 Å². The highest BCUT2D eigenvalue weighted by Gasteiger charge is 2.19. The Balaban J connectivity index is 2.09. The fraction of sp³-hybridized carbons (Fsp3) is 0.462. The van der Waals surface area contributed by atoms with Gasteiger partial charge in [-0.05, 0) is 24.1 Å². The number of hydrogen-bond donors (Lipinski definition) is 1. The standard InChI is InChI=1S/C13H17N3O/c1-17-13-3-2-10(6-11(13)7-14)8-16-5-4-12(15)9-16/h2-3,6,12H,4-5,8-9,15H2,1H3/t12-/m1/s1. The van der Waals surface area contributed by atoms with Crippen molar-refractivity contribution in [3.8, 4) is 11.8 Å². The zero-order valence-electron chi connectivity index (χ0n) is 10.0. The molecule has 1 aliphatic heterocycles. The minimum atomic E-state index is 0.295. The van der Waals surface area contributed by atoms with Crippen LogP contribution in [0.1, 0.15) is 17.5 Å². The molecule has 1 fully saturated rings. The minimum absolute atomic E-state index is 0.295. The molecule has 17 heavy (non-hydrogen) atoms. The molecule has 1 aliphatic rings. The van der Waals surface area contributed by atoms with E-state index in [0.717, 1.165) is 31.6 Å². The maximum atomic E-state index is 9.01. The van der Waals surface area contributed by atoms with Crippen LogP contribution in [0.4, 0.5) is 0 Å². The summed E-state index contributed by atoms with van der Waals surface area (Å²) in [6.07, 6.45) is 1.06. The average Bonchev–Trinajstić information content (AvgIpc) is 2.74. The van der Waals surface area contributed by atoms with Gasteiger partial charge in [0.2, 0.25) is 0 Å². The van der Waals surface area contributed by atoms with Crippen LogP contribution in [-0.4, -0.2) is 31.1 Å². The first-order valence-electron chi connectivity index (χ1n) is 5.78. The normalized spacial score (nSPS) is 20.2. The molecule has 1 saturated heterocycles. The second kappa shape index (κ2) is 5.17. The maximum absolute atomic E-state index is 9.01. The van der Waals surface area contributed by atoms with Gasteiger partial charge < -0.3 is 10.5 Å². The number of benzene rings is 1. The van der Waals surface area contributed by atoms with Gasteiger partial charge in [0.25, 0.3) is 0 Å².